The van der Waals surface area contributed by atoms with Crippen molar-refractivity contribution in [1.29, 1.82) is 0 Å². The fourth-order valence-electron chi connectivity index (χ4n) is 3.35. The van der Waals surface area contributed by atoms with E-state index >= 15 is 0 Å². The van der Waals surface area contributed by atoms with Crippen LogP contribution in [0.15, 0.2) is 58.9 Å². The van der Waals surface area contributed by atoms with Crippen molar-refractivity contribution >= 4 is 21.4 Å². The molecule has 1 unspecified atom stereocenters. The topological polar surface area (TPSA) is 55.2 Å². The smallest absolute Gasteiger partial charge is 0.239 e. The van der Waals surface area contributed by atoms with E-state index in [9.17, 15) is 8.42 Å². The molecule has 3 aromatic rings. The van der Waals surface area contributed by atoms with Crippen molar-refractivity contribution < 1.29 is 8.42 Å². The number of nitrogens with zero attached hydrogens (tertiary/aromatic N) is 3. The first-order chi connectivity index (χ1) is 12.6. The highest BCUT2D eigenvalue weighted by Crippen LogP contribution is 2.33. The minimum Gasteiger partial charge on any atom is -0.239 e. The third-order valence-electron chi connectivity index (χ3n) is 4.69. The predicted octanol–water partition coefficient (Wildman–Crippen LogP) is 4.02. The van der Waals surface area contributed by atoms with Crippen LogP contribution in [0.1, 0.15) is 19.8 Å². The van der Waals surface area contributed by atoms with Gasteiger partial charge in [-0.15, -0.1) is 11.3 Å². The molecule has 26 heavy (non-hydrogen) atoms. The summed E-state index contributed by atoms with van der Waals surface area (Å²) in [5, 5.41) is 6.57. The lowest BCUT2D eigenvalue weighted by Gasteiger charge is -2.29. The van der Waals surface area contributed by atoms with Crippen molar-refractivity contribution in [1.82, 2.24) is 14.1 Å². The SMILES string of the molecule is CC1CCCN(S(=O)(=O)c2cn(-c3ccccc3)nc2-c2cccs2)C1. The molecular formula is C19H21N3O2S2. The van der Waals surface area contributed by atoms with Gasteiger partial charge in [0.05, 0.1) is 16.8 Å². The van der Waals surface area contributed by atoms with Crippen LogP contribution in [-0.4, -0.2) is 35.6 Å². The highest BCUT2D eigenvalue weighted by Gasteiger charge is 2.33. The maximum Gasteiger partial charge on any atom is 0.246 e. The Kier molecular flexibility index (Phi) is 4.69. The number of aromatic nitrogens is 2. The van der Waals surface area contributed by atoms with Gasteiger partial charge in [-0.1, -0.05) is 31.2 Å². The molecule has 1 aromatic carbocycles. The standard InChI is InChI=1S/C19H21N3O2S2/c1-15-7-5-11-21(13-15)26(23,24)18-14-22(16-8-3-2-4-9-16)20-19(18)17-10-6-12-25-17/h2-4,6,8-10,12,14-15H,5,7,11,13H2,1H3. The molecule has 0 radical (unpaired) electrons. The first-order valence-electron chi connectivity index (χ1n) is 8.75. The molecule has 1 atom stereocenters. The summed E-state index contributed by atoms with van der Waals surface area (Å²) in [6.07, 6.45) is 3.63. The fraction of sp³-hybridized carbons (Fsp3) is 0.316. The number of benzene rings is 1. The molecule has 0 amide bonds. The molecule has 0 aliphatic carbocycles. The molecule has 1 fully saturated rings. The van der Waals surface area contributed by atoms with E-state index < -0.39 is 10.0 Å². The van der Waals surface area contributed by atoms with Crippen LogP contribution in [0.4, 0.5) is 0 Å². The minimum absolute atomic E-state index is 0.290. The third kappa shape index (κ3) is 3.22. The molecule has 136 valence electrons. The van der Waals surface area contributed by atoms with Crippen LogP contribution in [0.3, 0.4) is 0 Å². The molecule has 0 saturated carbocycles. The van der Waals surface area contributed by atoms with Gasteiger partial charge in [-0.05, 0) is 42.3 Å². The molecule has 2 aromatic heterocycles. The molecule has 7 heteroatoms. The Hall–Kier alpha value is -1.96. The van der Waals surface area contributed by atoms with E-state index in [2.05, 4.69) is 12.0 Å². The normalized spacial score (nSPS) is 18.9. The first-order valence-corrected chi connectivity index (χ1v) is 11.1. The lowest BCUT2D eigenvalue weighted by molar-refractivity contribution is 0.281. The number of rotatable bonds is 4. The van der Waals surface area contributed by atoms with Crippen LogP contribution in [0.5, 0.6) is 0 Å². The Morgan fingerprint density at radius 3 is 2.65 bits per heavy atom. The molecule has 1 aliphatic rings. The van der Waals surface area contributed by atoms with Crippen LogP contribution >= 0.6 is 11.3 Å². The van der Waals surface area contributed by atoms with Gasteiger partial charge in [0.25, 0.3) is 0 Å². The summed E-state index contributed by atoms with van der Waals surface area (Å²) in [4.78, 5) is 1.15. The molecular weight excluding hydrogens is 366 g/mol. The molecule has 3 heterocycles. The second-order valence-electron chi connectivity index (χ2n) is 6.71. The summed E-state index contributed by atoms with van der Waals surface area (Å²) in [7, 11) is -3.58. The zero-order chi connectivity index (χ0) is 18.1. The number of sulfonamides is 1. The van der Waals surface area contributed by atoms with Crippen LogP contribution in [0.25, 0.3) is 16.3 Å². The zero-order valence-electron chi connectivity index (χ0n) is 14.6. The summed E-state index contributed by atoms with van der Waals surface area (Å²) < 4.78 is 30.0. The molecule has 0 N–H and O–H groups in total. The van der Waals surface area contributed by atoms with Gasteiger partial charge in [-0.3, -0.25) is 0 Å². The highest BCUT2D eigenvalue weighted by molar-refractivity contribution is 7.89. The summed E-state index contributed by atoms with van der Waals surface area (Å²) >= 11 is 1.50. The van der Waals surface area contributed by atoms with Gasteiger partial charge in [0.15, 0.2) is 0 Å². The number of hydrogen-bond donors (Lipinski definition) is 0. The van der Waals surface area contributed by atoms with Crippen LogP contribution in [0.2, 0.25) is 0 Å². The Balaban J connectivity index is 1.83. The fourth-order valence-corrected chi connectivity index (χ4v) is 5.86. The zero-order valence-corrected chi connectivity index (χ0v) is 16.2. The summed E-state index contributed by atoms with van der Waals surface area (Å²) in [5.74, 6) is 0.382. The largest absolute Gasteiger partial charge is 0.246 e. The average Bonchev–Trinajstić information content (AvgIpc) is 3.32. The summed E-state index contributed by atoms with van der Waals surface area (Å²) in [6.45, 7) is 3.26. The van der Waals surface area contributed by atoms with E-state index in [1.165, 1.54) is 11.3 Å². The lowest BCUT2D eigenvalue weighted by Crippen LogP contribution is -2.39. The molecule has 0 bridgehead atoms. The van der Waals surface area contributed by atoms with Gasteiger partial charge in [0.2, 0.25) is 10.0 Å². The van der Waals surface area contributed by atoms with Crippen molar-refractivity contribution in [2.24, 2.45) is 5.92 Å². The van der Waals surface area contributed by atoms with Gasteiger partial charge in [-0.25, -0.2) is 13.1 Å². The Bertz CT molecular complexity index is 979. The highest BCUT2D eigenvalue weighted by atomic mass is 32.2. The van der Waals surface area contributed by atoms with E-state index in [0.29, 0.717) is 24.7 Å². The maximum absolute atomic E-state index is 13.4. The third-order valence-corrected chi connectivity index (χ3v) is 7.44. The van der Waals surface area contributed by atoms with Crippen molar-refractivity contribution in [2.75, 3.05) is 13.1 Å². The van der Waals surface area contributed by atoms with Gasteiger partial charge in [0.1, 0.15) is 10.6 Å². The molecule has 5 nitrogen and oxygen atoms in total. The van der Waals surface area contributed by atoms with Gasteiger partial charge in [0, 0.05) is 13.1 Å². The van der Waals surface area contributed by atoms with Crippen LogP contribution in [0, 0.1) is 5.92 Å². The number of piperidine rings is 1. The van der Waals surface area contributed by atoms with E-state index in [-0.39, 0.29) is 4.90 Å². The van der Waals surface area contributed by atoms with E-state index in [4.69, 9.17) is 0 Å². The van der Waals surface area contributed by atoms with Crippen molar-refractivity contribution in [3.05, 3.63) is 54.0 Å². The van der Waals surface area contributed by atoms with Gasteiger partial charge < -0.3 is 0 Å². The van der Waals surface area contributed by atoms with Crippen LogP contribution in [-0.2, 0) is 10.0 Å². The van der Waals surface area contributed by atoms with Crippen LogP contribution < -0.4 is 0 Å². The van der Waals surface area contributed by atoms with Crippen molar-refractivity contribution in [2.45, 2.75) is 24.7 Å². The van der Waals surface area contributed by atoms with E-state index in [1.54, 1.807) is 15.2 Å². The number of thiophene rings is 1. The second kappa shape index (κ2) is 6.98. The van der Waals surface area contributed by atoms with E-state index in [0.717, 1.165) is 23.4 Å². The van der Waals surface area contributed by atoms with Gasteiger partial charge >= 0.3 is 0 Å². The quantitative estimate of drug-likeness (QED) is 0.679. The predicted molar refractivity (Wildman–Crippen MR) is 104 cm³/mol. The Morgan fingerprint density at radius 2 is 1.96 bits per heavy atom. The molecule has 1 saturated heterocycles. The molecule has 1 aliphatic heterocycles. The van der Waals surface area contributed by atoms with Gasteiger partial charge in [-0.2, -0.15) is 9.40 Å². The lowest BCUT2D eigenvalue weighted by atomic mass is 10.0. The second-order valence-corrected chi connectivity index (χ2v) is 9.56. The monoisotopic (exact) mass is 387 g/mol. The van der Waals surface area contributed by atoms with Crippen molar-refractivity contribution in [3.63, 3.8) is 0 Å². The molecule has 0 spiro atoms. The number of hydrogen-bond acceptors (Lipinski definition) is 4. The maximum atomic E-state index is 13.4. The number of para-hydroxylation sites is 1. The summed E-state index contributed by atoms with van der Waals surface area (Å²) in [6, 6.07) is 13.4. The average molecular weight is 388 g/mol. The molecule has 4 rings (SSSR count). The van der Waals surface area contributed by atoms with E-state index in [1.807, 2.05) is 47.8 Å². The summed E-state index contributed by atoms with van der Waals surface area (Å²) in [5.41, 5.74) is 1.38. The first kappa shape index (κ1) is 17.5. The van der Waals surface area contributed by atoms with Crippen molar-refractivity contribution in [3.8, 4) is 16.3 Å². The Morgan fingerprint density at radius 1 is 1.15 bits per heavy atom. The Labute approximate surface area is 157 Å². The minimum atomic E-state index is -3.58.